The van der Waals surface area contributed by atoms with Crippen molar-refractivity contribution in [3.63, 3.8) is 0 Å². The van der Waals surface area contributed by atoms with Crippen LogP contribution in [0.4, 0.5) is 0 Å². The number of carboxylic acid groups (broad SMARTS) is 1. The Morgan fingerprint density at radius 2 is 1.48 bits per heavy atom. The number of nitrogens with two attached hydrogens (primary N) is 1. The first kappa shape index (κ1) is 21.4. The molecule has 2 aliphatic rings. The number of hydrogen-bond donors (Lipinski definition) is 3. The van der Waals surface area contributed by atoms with Crippen molar-refractivity contribution in [2.24, 2.45) is 5.73 Å². The van der Waals surface area contributed by atoms with E-state index in [0.717, 1.165) is 24.0 Å². The molecule has 0 aliphatic heterocycles. The molecule has 5 heteroatoms. The van der Waals surface area contributed by atoms with Gasteiger partial charge in [-0.15, -0.1) is 0 Å². The third-order valence-corrected chi connectivity index (χ3v) is 5.33. The summed E-state index contributed by atoms with van der Waals surface area (Å²) in [5.74, 6) is -0.821. The van der Waals surface area contributed by atoms with Crippen molar-refractivity contribution < 1.29 is 14.7 Å². The first-order chi connectivity index (χ1) is 13.0. The van der Waals surface area contributed by atoms with Gasteiger partial charge in [0.1, 0.15) is 0 Å². The molecule has 5 nitrogen and oxygen atoms in total. The van der Waals surface area contributed by atoms with Crippen molar-refractivity contribution in [2.75, 3.05) is 0 Å². The van der Waals surface area contributed by atoms with Crippen LogP contribution in [0.5, 0.6) is 0 Å². The minimum atomic E-state index is -0.853. The normalized spacial score (nSPS) is 18.3. The van der Waals surface area contributed by atoms with Crippen LogP contribution in [-0.4, -0.2) is 29.1 Å². The number of benzene rings is 1. The molecule has 2 aliphatic carbocycles. The number of hydrogen-bond acceptors (Lipinski definition) is 3. The summed E-state index contributed by atoms with van der Waals surface area (Å²) < 4.78 is 0. The molecular weight excluding hydrogens is 340 g/mol. The van der Waals surface area contributed by atoms with E-state index in [2.05, 4.69) is 5.32 Å². The summed E-state index contributed by atoms with van der Waals surface area (Å²) in [6, 6.07) is 8.10. The van der Waals surface area contributed by atoms with Crippen LogP contribution in [-0.2, 0) is 22.4 Å². The SMILES string of the molecule is NC1CCCCC1.O=C(O)Cc1cccc(CC(=O)NC2CCCCC2)c1. The molecule has 27 heavy (non-hydrogen) atoms. The van der Waals surface area contributed by atoms with Crippen molar-refractivity contribution in [3.8, 4) is 0 Å². The number of carbonyl (C=O) groups excluding carboxylic acids is 1. The lowest BCUT2D eigenvalue weighted by atomic mass is 9.95. The van der Waals surface area contributed by atoms with Gasteiger partial charge in [0.15, 0.2) is 0 Å². The Bertz CT molecular complexity index is 591. The Hall–Kier alpha value is -1.88. The zero-order chi connectivity index (χ0) is 19.5. The zero-order valence-corrected chi connectivity index (χ0v) is 16.3. The van der Waals surface area contributed by atoms with Gasteiger partial charge in [0.05, 0.1) is 12.8 Å². The Labute approximate surface area is 162 Å². The third kappa shape index (κ3) is 9.05. The summed E-state index contributed by atoms with van der Waals surface area (Å²) in [6.07, 6.45) is 12.8. The lowest BCUT2D eigenvalue weighted by Gasteiger charge is -2.22. The van der Waals surface area contributed by atoms with Gasteiger partial charge in [-0.2, -0.15) is 0 Å². The quantitative estimate of drug-likeness (QED) is 0.734. The highest BCUT2D eigenvalue weighted by Crippen LogP contribution is 2.17. The maximum Gasteiger partial charge on any atom is 0.307 e. The average Bonchev–Trinajstić information content (AvgIpc) is 2.63. The minimum absolute atomic E-state index is 0.00190. The smallest absolute Gasteiger partial charge is 0.307 e. The number of carbonyl (C=O) groups is 2. The Morgan fingerprint density at radius 1 is 0.926 bits per heavy atom. The molecule has 0 spiro atoms. The molecule has 0 saturated heterocycles. The molecule has 0 atom stereocenters. The first-order valence-corrected chi connectivity index (χ1v) is 10.4. The summed E-state index contributed by atoms with van der Waals surface area (Å²) in [5, 5.41) is 11.8. The molecule has 0 heterocycles. The topological polar surface area (TPSA) is 92.4 Å². The predicted octanol–water partition coefficient (Wildman–Crippen LogP) is 3.58. The summed E-state index contributed by atoms with van der Waals surface area (Å²) >= 11 is 0. The monoisotopic (exact) mass is 374 g/mol. The average molecular weight is 375 g/mol. The lowest BCUT2D eigenvalue weighted by Crippen LogP contribution is -2.37. The number of aliphatic carboxylic acids is 1. The number of nitrogens with one attached hydrogen (secondary N) is 1. The fourth-order valence-electron chi connectivity index (χ4n) is 3.87. The highest BCUT2D eigenvalue weighted by Gasteiger charge is 2.15. The fraction of sp³-hybridized carbons (Fsp3) is 0.636. The van der Waals surface area contributed by atoms with Crippen LogP contribution in [0.2, 0.25) is 0 Å². The Morgan fingerprint density at radius 3 is 2.00 bits per heavy atom. The third-order valence-electron chi connectivity index (χ3n) is 5.33. The van der Waals surface area contributed by atoms with E-state index in [9.17, 15) is 9.59 Å². The maximum atomic E-state index is 12.0. The van der Waals surface area contributed by atoms with Crippen LogP contribution in [0.25, 0.3) is 0 Å². The van der Waals surface area contributed by atoms with E-state index >= 15 is 0 Å². The predicted molar refractivity (Wildman–Crippen MR) is 108 cm³/mol. The standard InChI is InChI=1S/C16H21NO3.C6H13N/c18-15(17-14-7-2-1-3-8-14)10-12-5-4-6-13(9-12)11-16(19)20;7-6-4-2-1-3-5-6/h4-6,9,14H,1-3,7-8,10-11H2,(H,17,18)(H,19,20);6H,1-5,7H2. The minimum Gasteiger partial charge on any atom is -0.481 e. The highest BCUT2D eigenvalue weighted by atomic mass is 16.4. The van der Waals surface area contributed by atoms with Crippen molar-refractivity contribution >= 4 is 11.9 Å². The van der Waals surface area contributed by atoms with Gasteiger partial charge in [-0.25, -0.2) is 0 Å². The molecule has 1 aromatic rings. The molecule has 0 aromatic heterocycles. The largest absolute Gasteiger partial charge is 0.481 e. The Kier molecular flexibility index (Phi) is 9.32. The summed E-state index contributed by atoms with van der Waals surface area (Å²) in [5.41, 5.74) is 7.24. The number of amides is 1. The maximum absolute atomic E-state index is 12.0. The summed E-state index contributed by atoms with van der Waals surface area (Å²) in [4.78, 5) is 22.7. The van der Waals surface area contributed by atoms with Crippen molar-refractivity contribution in [3.05, 3.63) is 35.4 Å². The second-order valence-corrected chi connectivity index (χ2v) is 7.87. The summed E-state index contributed by atoms with van der Waals surface area (Å²) in [6.45, 7) is 0. The molecule has 2 saturated carbocycles. The van der Waals surface area contributed by atoms with Gasteiger partial charge in [0, 0.05) is 12.1 Å². The highest BCUT2D eigenvalue weighted by molar-refractivity contribution is 5.79. The first-order valence-electron chi connectivity index (χ1n) is 10.4. The molecule has 2 fully saturated rings. The van der Waals surface area contributed by atoms with Crippen LogP contribution in [0.3, 0.4) is 0 Å². The van der Waals surface area contributed by atoms with E-state index in [1.165, 1.54) is 51.4 Å². The van der Waals surface area contributed by atoms with Gasteiger partial charge in [0.2, 0.25) is 5.91 Å². The van der Waals surface area contributed by atoms with Crippen LogP contribution in [0, 0.1) is 0 Å². The van der Waals surface area contributed by atoms with E-state index < -0.39 is 5.97 Å². The van der Waals surface area contributed by atoms with Gasteiger partial charge < -0.3 is 16.2 Å². The van der Waals surface area contributed by atoms with Gasteiger partial charge >= 0.3 is 5.97 Å². The molecule has 150 valence electrons. The summed E-state index contributed by atoms with van der Waals surface area (Å²) in [7, 11) is 0. The van der Waals surface area contributed by atoms with Crippen LogP contribution >= 0.6 is 0 Å². The Balaban J connectivity index is 0.000000313. The molecule has 1 amide bonds. The van der Waals surface area contributed by atoms with Crippen LogP contribution < -0.4 is 11.1 Å². The van der Waals surface area contributed by atoms with E-state index in [0.29, 0.717) is 18.5 Å². The van der Waals surface area contributed by atoms with Crippen LogP contribution in [0.15, 0.2) is 24.3 Å². The van der Waals surface area contributed by atoms with Crippen molar-refractivity contribution in [2.45, 2.75) is 89.1 Å². The van der Waals surface area contributed by atoms with Gasteiger partial charge in [-0.3, -0.25) is 9.59 Å². The van der Waals surface area contributed by atoms with E-state index in [1.54, 1.807) is 12.1 Å². The van der Waals surface area contributed by atoms with Crippen molar-refractivity contribution in [1.29, 1.82) is 0 Å². The van der Waals surface area contributed by atoms with Crippen LogP contribution in [0.1, 0.15) is 75.3 Å². The second-order valence-electron chi connectivity index (χ2n) is 7.87. The molecule has 0 bridgehead atoms. The number of rotatable bonds is 5. The zero-order valence-electron chi connectivity index (χ0n) is 16.3. The van der Waals surface area contributed by atoms with Gasteiger partial charge in [-0.05, 0) is 36.8 Å². The van der Waals surface area contributed by atoms with E-state index in [4.69, 9.17) is 10.8 Å². The fourth-order valence-corrected chi connectivity index (χ4v) is 3.87. The molecule has 4 N–H and O–H groups in total. The molecule has 3 rings (SSSR count). The van der Waals surface area contributed by atoms with E-state index in [1.807, 2.05) is 12.1 Å². The van der Waals surface area contributed by atoms with Gasteiger partial charge in [-0.1, -0.05) is 62.8 Å². The number of carboxylic acids is 1. The molecule has 1 aromatic carbocycles. The molecular formula is C22H34N2O3. The second kappa shape index (κ2) is 11.8. The van der Waals surface area contributed by atoms with Crippen molar-refractivity contribution in [1.82, 2.24) is 5.32 Å². The molecule has 0 unspecified atom stereocenters. The molecule has 0 radical (unpaired) electrons. The lowest BCUT2D eigenvalue weighted by molar-refractivity contribution is -0.136. The van der Waals surface area contributed by atoms with Gasteiger partial charge in [0.25, 0.3) is 0 Å². The van der Waals surface area contributed by atoms with E-state index in [-0.39, 0.29) is 12.3 Å².